The Hall–Kier alpha value is -1.31. The molecule has 0 amide bonds. The van der Waals surface area contributed by atoms with Crippen LogP contribution in [0.25, 0.3) is 10.9 Å². The van der Waals surface area contributed by atoms with Crippen LogP contribution in [0.3, 0.4) is 0 Å². The largest absolute Gasteiger partial charge is 0.433 e. The van der Waals surface area contributed by atoms with Gasteiger partial charge in [0.25, 0.3) is 0 Å². The molecule has 0 bridgehead atoms. The fourth-order valence-electron chi connectivity index (χ4n) is 1.85. The number of halogens is 7. The molecule has 8 heteroatoms. The minimum Gasteiger partial charge on any atom is -0.242 e. The fourth-order valence-corrected chi connectivity index (χ4v) is 2.36. The molecule has 0 aliphatic rings. The molecule has 0 saturated carbocycles. The van der Waals surface area contributed by atoms with Gasteiger partial charge in [0, 0.05) is 9.86 Å². The molecule has 0 aliphatic heterocycles. The van der Waals surface area contributed by atoms with E-state index in [-0.39, 0.29) is 15.4 Å². The quantitative estimate of drug-likeness (QED) is 0.579. The molecule has 2 rings (SSSR count). The van der Waals surface area contributed by atoms with Crippen molar-refractivity contribution in [3.8, 4) is 0 Å². The summed E-state index contributed by atoms with van der Waals surface area (Å²) >= 11 is 2.92. The maximum atomic E-state index is 12.8. The van der Waals surface area contributed by atoms with Crippen LogP contribution in [0.15, 0.2) is 22.7 Å². The second-order valence-electron chi connectivity index (χ2n) is 4.10. The number of para-hydroxylation sites is 1. The second kappa shape index (κ2) is 4.61. The lowest BCUT2D eigenvalue weighted by Crippen LogP contribution is -2.13. The van der Waals surface area contributed by atoms with Crippen LogP contribution in [-0.4, -0.2) is 4.98 Å². The number of benzene rings is 1. The summed E-state index contributed by atoms with van der Waals surface area (Å²) in [5, 5.41) is -0.00896. The second-order valence-corrected chi connectivity index (χ2v) is 4.89. The molecule has 0 saturated heterocycles. The van der Waals surface area contributed by atoms with Gasteiger partial charge < -0.3 is 0 Å². The van der Waals surface area contributed by atoms with Crippen molar-refractivity contribution >= 4 is 26.8 Å². The molecule has 1 heterocycles. The van der Waals surface area contributed by atoms with Crippen LogP contribution in [0.2, 0.25) is 0 Å². The lowest BCUT2D eigenvalue weighted by Gasteiger charge is -2.16. The maximum Gasteiger partial charge on any atom is 0.433 e. The summed E-state index contributed by atoms with van der Waals surface area (Å²) in [7, 11) is 0. The molecule has 20 heavy (non-hydrogen) atoms. The number of aromatic nitrogens is 1. The molecule has 2 aromatic rings. The Morgan fingerprint density at radius 3 is 2.10 bits per heavy atom. The number of nitrogens with zero attached hydrogens (tertiary/aromatic N) is 1. The Morgan fingerprint density at radius 1 is 1.00 bits per heavy atom. The molecule has 108 valence electrons. The number of pyridine rings is 1. The average molecular weight is 358 g/mol. The van der Waals surface area contributed by atoms with Gasteiger partial charge in [-0.2, -0.15) is 26.3 Å². The van der Waals surface area contributed by atoms with E-state index in [0.717, 1.165) is 13.0 Å². The smallest absolute Gasteiger partial charge is 0.242 e. The number of hydrogen-bond acceptors (Lipinski definition) is 1. The summed E-state index contributed by atoms with van der Waals surface area (Å²) in [4.78, 5) is 3.20. The number of hydrogen-bond donors (Lipinski definition) is 0. The van der Waals surface area contributed by atoms with E-state index in [4.69, 9.17) is 0 Å². The van der Waals surface area contributed by atoms with E-state index in [1.54, 1.807) is 0 Å². The third-order valence-electron chi connectivity index (χ3n) is 2.75. The third-order valence-corrected chi connectivity index (χ3v) is 3.78. The van der Waals surface area contributed by atoms with Gasteiger partial charge in [-0.25, -0.2) is 4.98 Å². The van der Waals surface area contributed by atoms with Crippen molar-refractivity contribution in [2.45, 2.75) is 19.3 Å². The van der Waals surface area contributed by atoms with Crippen LogP contribution >= 0.6 is 15.9 Å². The van der Waals surface area contributed by atoms with Crippen LogP contribution in [0.1, 0.15) is 16.8 Å². The fraction of sp³-hybridized carbons (Fsp3) is 0.250. The van der Waals surface area contributed by atoms with Gasteiger partial charge in [-0.1, -0.05) is 12.1 Å². The first-order valence-corrected chi connectivity index (χ1v) is 6.06. The van der Waals surface area contributed by atoms with Crippen molar-refractivity contribution in [3.05, 3.63) is 39.5 Å². The summed E-state index contributed by atoms with van der Waals surface area (Å²) in [6.45, 7) is 1.15. The molecule has 1 aromatic carbocycles. The van der Waals surface area contributed by atoms with Crippen LogP contribution in [0.4, 0.5) is 26.3 Å². The van der Waals surface area contributed by atoms with E-state index in [1.807, 2.05) is 0 Å². The Bertz CT molecular complexity index is 674. The number of rotatable bonds is 0. The first kappa shape index (κ1) is 15.1. The standard InChI is InChI=1S/C12H6BrF6N/c1-5-8(13)6-3-2-4-7(11(14,15)16)9(6)20-10(5)12(17,18)19/h2-4H,1H3. The van der Waals surface area contributed by atoms with Gasteiger partial charge in [0.15, 0.2) is 0 Å². The van der Waals surface area contributed by atoms with Crippen molar-refractivity contribution < 1.29 is 26.3 Å². The van der Waals surface area contributed by atoms with Crippen LogP contribution in [0.5, 0.6) is 0 Å². The van der Waals surface area contributed by atoms with Crippen molar-refractivity contribution in [2.24, 2.45) is 0 Å². The zero-order valence-electron chi connectivity index (χ0n) is 9.83. The zero-order chi connectivity index (χ0) is 15.3. The number of alkyl halides is 6. The van der Waals surface area contributed by atoms with Crippen LogP contribution < -0.4 is 0 Å². The van der Waals surface area contributed by atoms with Gasteiger partial charge in [-0.3, -0.25) is 0 Å². The van der Waals surface area contributed by atoms with Gasteiger partial charge in [-0.15, -0.1) is 0 Å². The summed E-state index contributed by atoms with van der Waals surface area (Å²) in [6, 6.07) is 3.12. The van der Waals surface area contributed by atoms with Gasteiger partial charge in [0.1, 0.15) is 5.69 Å². The van der Waals surface area contributed by atoms with Gasteiger partial charge >= 0.3 is 12.4 Å². The molecular formula is C12H6BrF6N. The highest BCUT2D eigenvalue weighted by molar-refractivity contribution is 9.10. The van der Waals surface area contributed by atoms with E-state index < -0.39 is 29.1 Å². The minimum absolute atomic E-state index is 0.00896. The SMILES string of the molecule is Cc1c(C(F)(F)F)nc2c(C(F)(F)F)cccc2c1Br. The maximum absolute atomic E-state index is 12.8. The van der Waals surface area contributed by atoms with Gasteiger partial charge in [-0.05, 0) is 34.5 Å². The highest BCUT2D eigenvalue weighted by atomic mass is 79.9. The van der Waals surface area contributed by atoms with E-state index >= 15 is 0 Å². The highest BCUT2D eigenvalue weighted by Crippen LogP contribution is 2.40. The highest BCUT2D eigenvalue weighted by Gasteiger charge is 2.38. The van der Waals surface area contributed by atoms with E-state index in [1.165, 1.54) is 6.07 Å². The van der Waals surface area contributed by atoms with Crippen molar-refractivity contribution in [2.75, 3.05) is 0 Å². The normalized spacial score (nSPS) is 13.0. The molecule has 0 atom stereocenters. The molecule has 0 N–H and O–H groups in total. The zero-order valence-corrected chi connectivity index (χ0v) is 11.4. The molecule has 0 fully saturated rings. The Kier molecular flexibility index (Phi) is 3.48. The Balaban J connectivity index is 2.93. The summed E-state index contributed by atoms with van der Waals surface area (Å²) < 4.78 is 76.9. The molecular weight excluding hydrogens is 352 g/mol. The van der Waals surface area contributed by atoms with Gasteiger partial charge in [0.2, 0.25) is 0 Å². The molecule has 0 unspecified atom stereocenters. The van der Waals surface area contributed by atoms with E-state index in [0.29, 0.717) is 6.07 Å². The average Bonchev–Trinajstić information content (AvgIpc) is 2.30. The molecule has 0 radical (unpaired) electrons. The Labute approximate surface area is 117 Å². The third kappa shape index (κ3) is 2.48. The van der Waals surface area contributed by atoms with E-state index in [2.05, 4.69) is 20.9 Å². The monoisotopic (exact) mass is 357 g/mol. The minimum atomic E-state index is -4.82. The van der Waals surface area contributed by atoms with Crippen molar-refractivity contribution in [1.82, 2.24) is 4.98 Å². The van der Waals surface area contributed by atoms with Gasteiger partial charge in [0.05, 0.1) is 11.1 Å². The first-order chi connectivity index (χ1) is 9.03. The summed E-state index contributed by atoms with van der Waals surface area (Å²) in [5.41, 5.74) is -3.48. The first-order valence-electron chi connectivity index (χ1n) is 5.26. The van der Waals surface area contributed by atoms with Crippen molar-refractivity contribution in [3.63, 3.8) is 0 Å². The lowest BCUT2D eigenvalue weighted by atomic mass is 10.1. The topological polar surface area (TPSA) is 12.9 Å². The van der Waals surface area contributed by atoms with E-state index in [9.17, 15) is 26.3 Å². The Morgan fingerprint density at radius 2 is 1.60 bits per heavy atom. The summed E-state index contributed by atoms with van der Waals surface area (Å²) in [5.74, 6) is 0. The lowest BCUT2D eigenvalue weighted by molar-refractivity contribution is -0.142. The summed E-state index contributed by atoms with van der Waals surface area (Å²) in [6.07, 6.45) is -9.59. The molecule has 0 aliphatic carbocycles. The van der Waals surface area contributed by atoms with Crippen LogP contribution in [-0.2, 0) is 12.4 Å². The number of fused-ring (bicyclic) bond motifs is 1. The molecule has 1 nitrogen and oxygen atoms in total. The predicted octanol–water partition coefficient (Wildman–Crippen LogP) is 5.34. The van der Waals surface area contributed by atoms with Crippen molar-refractivity contribution in [1.29, 1.82) is 0 Å². The predicted molar refractivity (Wildman–Crippen MR) is 64.2 cm³/mol. The molecule has 1 aromatic heterocycles. The van der Waals surface area contributed by atoms with Crippen LogP contribution in [0, 0.1) is 6.92 Å². The molecule has 0 spiro atoms.